The van der Waals surface area contributed by atoms with Crippen molar-refractivity contribution in [1.82, 2.24) is 0 Å². The number of halogens is 1. The van der Waals surface area contributed by atoms with E-state index in [1.807, 2.05) is 6.07 Å². The fourth-order valence-electron chi connectivity index (χ4n) is 1.22. The summed E-state index contributed by atoms with van der Waals surface area (Å²) in [7, 11) is 1.24. The Morgan fingerprint density at radius 3 is 2.80 bits per heavy atom. The average Bonchev–Trinajstić information content (AvgIpc) is 2.26. The Morgan fingerprint density at radius 2 is 2.33 bits per heavy atom. The molecule has 0 aliphatic carbocycles. The molecule has 15 heavy (non-hydrogen) atoms. The predicted octanol–water partition coefficient (Wildman–Crippen LogP) is 1.95. The number of phenolic OH excluding ortho intramolecular Hbond substituents is 1. The molecule has 0 bridgehead atoms. The maximum absolute atomic E-state index is 11.4. The zero-order valence-corrected chi connectivity index (χ0v) is 9.54. The van der Waals surface area contributed by atoms with Crippen molar-refractivity contribution in [2.45, 2.75) is 5.33 Å². The summed E-state index contributed by atoms with van der Waals surface area (Å²) in [6.07, 6.45) is 0. The average molecular weight is 270 g/mol. The van der Waals surface area contributed by atoms with Crippen LogP contribution in [0.15, 0.2) is 12.1 Å². The molecule has 0 heterocycles. The fraction of sp³-hybridized carbons (Fsp3) is 0.200. The van der Waals surface area contributed by atoms with Crippen LogP contribution in [0.25, 0.3) is 0 Å². The summed E-state index contributed by atoms with van der Waals surface area (Å²) in [6, 6.07) is 4.50. The third kappa shape index (κ3) is 2.28. The van der Waals surface area contributed by atoms with Crippen LogP contribution in [0.1, 0.15) is 21.5 Å². The first kappa shape index (κ1) is 11.5. The van der Waals surface area contributed by atoms with Crippen molar-refractivity contribution >= 4 is 21.9 Å². The molecule has 0 aliphatic rings. The van der Waals surface area contributed by atoms with Crippen LogP contribution in [0.2, 0.25) is 0 Å². The lowest BCUT2D eigenvalue weighted by molar-refractivity contribution is 0.0599. The molecule has 0 radical (unpaired) electrons. The van der Waals surface area contributed by atoms with Gasteiger partial charge in [0.15, 0.2) is 0 Å². The van der Waals surface area contributed by atoms with E-state index in [-0.39, 0.29) is 16.9 Å². The van der Waals surface area contributed by atoms with Gasteiger partial charge < -0.3 is 9.84 Å². The molecule has 78 valence electrons. The summed E-state index contributed by atoms with van der Waals surface area (Å²) >= 11 is 3.18. The Bertz CT molecular complexity index is 437. The molecule has 0 saturated carbocycles. The number of phenols is 1. The van der Waals surface area contributed by atoms with Crippen molar-refractivity contribution < 1.29 is 14.6 Å². The van der Waals surface area contributed by atoms with Crippen molar-refractivity contribution in [3.8, 4) is 11.8 Å². The maximum atomic E-state index is 11.4. The Balaban J connectivity index is 3.45. The second-order valence-corrected chi connectivity index (χ2v) is 3.33. The van der Waals surface area contributed by atoms with E-state index < -0.39 is 5.97 Å². The lowest BCUT2D eigenvalue weighted by Crippen LogP contribution is -2.07. The van der Waals surface area contributed by atoms with Gasteiger partial charge in [-0.25, -0.2) is 4.79 Å². The molecule has 0 aliphatic heterocycles. The molecule has 1 aromatic carbocycles. The number of carbonyl (C=O) groups excluding carboxylic acids is 1. The molecular weight excluding hydrogens is 262 g/mol. The molecule has 0 aromatic heterocycles. The number of ether oxygens (including phenoxy) is 1. The third-order valence-electron chi connectivity index (χ3n) is 1.86. The highest BCUT2D eigenvalue weighted by Crippen LogP contribution is 2.24. The Morgan fingerprint density at radius 1 is 1.67 bits per heavy atom. The topological polar surface area (TPSA) is 70.3 Å². The van der Waals surface area contributed by atoms with Gasteiger partial charge in [0.25, 0.3) is 0 Å². The van der Waals surface area contributed by atoms with Crippen molar-refractivity contribution in [2.24, 2.45) is 0 Å². The largest absolute Gasteiger partial charge is 0.508 e. The molecule has 0 fully saturated rings. The minimum Gasteiger partial charge on any atom is -0.508 e. The first-order chi connectivity index (χ1) is 7.13. The van der Waals surface area contributed by atoms with E-state index in [0.29, 0.717) is 10.9 Å². The van der Waals surface area contributed by atoms with E-state index in [1.165, 1.54) is 19.2 Å². The number of hydrogen-bond donors (Lipinski definition) is 1. The molecule has 0 unspecified atom stereocenters. The molecule has 0 saturated heterocycles. The molecule has 4 nitrogen and oxygen atoms in total. The standard InChI is InChI=1S/C10H8BrNO3/c1-15-10(14)9-6(4-11)2-8(13)3-7(9)5-12/h2-3,13H,4H2,1H3. The van der Waals surface area contributed by atoms with E-state index in [4.69, 9.17) is 5.26 Å². The van der Waals surface area contributed by atoms with Crippen LogP contribution in [0.3, 0.4) is 0 Å². The summed E-state index contributed by atoms with van der Waals surface area (Å²) in [5.41, 5.74) is 0.823. The first-order valence-corrected chi connectivity index (χ1v) is 5.16. The quantitative estimate of drug-likeness (QED) is 0.658. The number of esters is 1. The van der Waals surface area contributed by atoms with E-state index in [1.54, 1.807) is 0 Å². The van der Waals surface area contributed by atoms with Crippen LogP contribution in [-0.2, 0) is 10.1 Å². The molecule has 1 N–H and O–H groups in total. The fourth-order valence-corrected chi connectivity index (χ4v) is 1.66. The number of aromatic hydroxyl groups is 1. The minimum atomic E-state index is -0.582. The number of methoxy groups -OCH3 is 1. The van der Waals surface area contributed by atoms with Gasteiger partial charge in [-0.2, -0.15) is 5.26 Å². The molecule has 0 spiro atoms. The first-order valence-electron chi connectivity index (χ1n) is 4.04. The predicted molar refractivity (Wildman–Crippen MR) is 56.8 cm³/mol. The molecule has 5 heteroatoms. The summed E-state index contributed by atoms with van der Waals surface area (Å²) in [6.45, 7) is 0. The van der Waals surface area contributed by atoms with Gasteiger partial charge >= 0.3 is 5.97 Å². The molecule has 0 atom stereocenters. The maximum Gasteiger partial charge on any atom is 0.339 e. The van der Waals surface area contributed by atoms with Crippen molar-refractivity contribution in [2.75, 3.05) is 7.11 Å². The SMILES string of the molecule is COC(=O)c1c(C#N)cc(O)cc1CBr. The monoisotopic (exact) mass is 269 g/mol. The van der Waals surface area contributed by atoms with E-state index in [2.05, 4.69) is 20.7 Å². The summed E-state index contributed by atoms with van der Waals surface area (Å²) in [5, 5.41) is 18.5. The van der Waals surface area contributed by atoms with Gasteiger partial charge in [-0.05, 0) is 17.7 Å². The highest BCUT2D eigenvalue weighted by Gasteiger charge is 2.17. The molecule has 1 rings (SSSR count). The molecule has 1 aromatic rings. The Hall–Kier alpha value is -1.54. The second-order valence-electron chi connectivity index (χ2n) is 2.76. The summed E-state index contributed by atoms with van der Waals surface area (Å²) in [4.78, 5) is 11.4. The van der Waals surface area contributed by atoms with Gasteiger partial charge in [0.2, 0.25) is 0 Å². The number of rotatable bonds is 2. The normalized spacial score (nSPS) is 9.40. The minimum absolute atomic E-state index is 0.0475. The van der Waals surface area contributed by atoms with Crippen LogP contribution in [0.5, 0.6) is 5.75 Å². The zero-order chi connectivity index (χ0) is 11.4. The van der Waals surface area contributed by atoms with Crippen molar-refractivity contribution in [3.05, 3.63) is 28.8 Å². The highest BCUT2D eigenvalue weighted by atomic mass is 79.9. The third-order valence-corrected chi connectivity index (χ3v) is 2.46. The van der Waals surface area contributed by atoms with Gasteiger partial charge in [0, 0.05) is 5.33 Å². The summed E-state index contributed by atoms with van der Waals surface area (Å²) in [5.74, 6) is -0.630. The number of nitrogens with zero attached hydrogens (tertiary/aromatic N) is 1. The molecule has 0 amide bonds. The smallest absolute Gasteiger partial charge is 0.339 e. The van der Waals surface area contributed by atoms with Crippen molar-refractivity contribution in [3.63, 3.8) is 0 Å². The van der Waals surface area contributed by atoms with Gasteiger partial charge in [0.05, 0.1) is 18.2 Å². The molecular formula is C10H8BrNO3. The van der Waals surface area contributed by atoms with Crippen molar-refractivity contribution in [1.29, 1.82) is 5.26 Å². The lowest BCUT2D eigenvalue weighted by Gasteiger charge is -2.07. The highest BCUT2D eigenvalue weighted by molar-refractivity contribution is 9.08. The zero-order valence-electron chi connectivity index (χ0n) is 7.95. The van der Waals surface area contributed by atoms with Crippen LogP contribution in [0.4, 0.5) is 0 Å². The van der Waals surface area contributed by atoms with Gasteiger partial charge in [-0.1, -0.05) is 15.9 Å². The van der Waals surface area contributed by atoms with Crippen LogP contribution in [-0.4, -0.2) is 18.2 Å². The second kappa shape index (κ2) is 4.80. The van der Waals surface area contributed by atoms with Crippen LogP contribution < -0.4 is 0 Å². The van der Waals surface area contributed by atoms with Crippen LogP contribution >= 0.6 is 15.9 Å². The Labute approximate surface area is 95.2 Å². The van der Waals surface area contributed by atoms with Crippen LogP contribution in [0, 0.1) is 11.3 Å². The number of nitriles is 1. The van der Waals surface area contributed by atoms with E-state index >= 15 is 0 Å². The number of alkyl halides is 1. The number of hydrogen-bond acceptors (Lipinski definition) is 4. The van der Waals surface area contributed by atoms with E-state index in [9.17, 15) is 9.90 Å². The van der Waals surface area contributed by atoms with Gasteiger partial charge in [-0.3, -0.25) is 0 Å². The van der Waals surface area contributed by atoms with E-state index in [0.717, 1.165) is 0 Å². The van der Waals surface area contributed by atoms with Gasteiger partial charge in [-0.15, -0.1) is 0 Å². The Kier molecular flexibility index (Phi) is 3.69. The number of carbonyl (C=O) groups is 1. The number of benzene rings is 1. The van der Waals surface area contributed by atoms with Gasteiger partial charge in [0.1, 0.15) is 11.8 Å². The lowest BCUT2D eigenvalue weighted by atomic mass is 10.0. The summed E-state index contributed by atoms with van der Waals surface area (Å²) < 4.78 is 4.57.